The highest BCUT2D eigenvalue weighted by Crippen LogP contribution is 2.12. The highest BCUT2D eigenvalue weighted by atomic mass is 16.1. The SMILES string of the molecule is CC(CNC(=O)CCn1cccn1)c1ccccc1. The maximum absolute atomic E-state index is 11.7. The van der Waals surface area contributed by atoms with E-state index in [9.17, 15) is 4.79 Å². The lowest BCUT2D eigenvalue weighted by molar-refractivity contribution is -0.121. The lowest BCUT2D eigenvalue weighted by Crippen LogP contribution is -2.28. The van der Waals surface area contributed by atoms with Gasteiger partial charge in [0.05, 0.1) is 0 Å². The average Bonchev–Trinajstić information content (AvgIpc) is 2.96. The molecule has 0 aliphatic carbocycles. The van der Waals surface area contributed by atoms with Crippen molar-refractivity contribution in [3.8, 4) is 0 Å². The van der Waals surface area contributed by atoms with Gasteiger partial charge in [0, 0.05) is 31.9 Å². The molecule has 1 N–H and O–H groups in total. The Labute approximate surface area is 113 Å². The van der Waals surface area contributed by atoms with Crippen molar-refractivity contribution in [2.75, 3.05) is 6.54 Å². The van der Waals surface area contributed by atoms with E-state index in [0.29, 0.717) is 25.4 Å². The van der Waals surface area contributed by atoms with Crippen molar-refractivity contribution >= 4 is 5.91 Å². The fraction of sp³-hybridized carbons (Fsp3) is 0.333. The van der Waals surface area contributed by atoms with Gasteiger partial charge >= 0.3 is 0 Å². The average molecular weight is 257 g/mol. The summed E-state index contributed by atoms with van der Waals surface area (Å²) in [4.78, 5) is 11.7. The van der Waals surface area contributed by atoms with E-state index in [1.807, 2.05) is 30.5 Å². The maximum atomic E-state index is 11.7. The Kier molecular flexibility index (Phi) is 4.72. The van der Waals surface area contributed by atoms with E-state index in [1.165, 1.54) is 5.56 Å². The van der Waals surface area contributed by atoms with Gasteiger partial charge in [-0.1, -0.05) is 37.3 Å². The summed E-state index contributed by atoms with van der Waals surface area (Å²) in [7, 11) is 0. The van der Waals surface area contributed by atoms with Gasteiger partial charge in [-0.3, -0.25) is 9.48 Å². The lowest BCUT2D eigenvalue weighted by Gasteiger charge is -2.13. The second-order valence-electron chi connectivity index (χ2n) is 4.63. The van der Waals surface area contributed by atoms with Gasteiger partial charge in [-0.15, -0.1) is 0 Å². The molecule has 1 amide bonds. The molecule has 0 saturated heterocycles. The number of carbonyl (C=O) groups excluding carboxylic acids is 1. The Hall–Kier alpha value is -2.10. The Balaban J connectivity index is 1.71. The number of hydrogen-bond acceptors (Lipinski definition) is 2. The molecule has 0 spiro atoms. The molecular weight excluding hydrogens is 238 g/mol. The molecule has 0 bridgehead atoms. The summed E-state index contributed by atoms with van der Waals surface area (Å²) in [5.74, 6) is 0.396. The number of carbonyl (C=O) groups is 1. The molecule has 0 radical (unpaired) electrons. The molecule has 4 heteroatoms. The van der Waals surface area contributed by atoms with Crippen molar-refractivity contribution in [3.05, 3.63) is 54.4 Å². The molecule has 1 heterocycles. The molecule has 0 fully saturated rings. The zero-order valence-electron chi connectivity index (χ0n) is 11.1. The number of aromatic nitrogens is 2. The number of nitrogens with one attached hydrogen (secondary N) is 1. The second kappa shape index (κ2) is 6.73. The molecule has 1 aromatic heterocycles. The number of amides is 1. The molecule has 0 saturated carbocycles. The fourth-order valence-corrected chi connectivity index (χ4v) is 1.90. The quantitative estimate of drug-likeness (QED) is 0.862. The first-order valence-corrected chi connectivity index (χ1v) is 6.55. The van der Waals surface area contributed by atoms with Gasteiger partial charge in [-0.05, 0) is 17.5 Å². The first-order chi connectivity index (χ1) is 9.25. The summed E-state index contributed by atoms with van der Waals surface area (Å²) >= 11 is 0. The van der Waals surface area contributed by atoms with Crippen molar-refractivity contribution in [2.45, 2.75) is 25.8 Å². The Morgan fingerprint density at radius 2 is 2.11 bits per heavy atom. The van der Waals surface area contributed by atoms with Crippen LogP contribution < -0.4 is 5.32 Å². The van der Waals surface area contributed by atoms with Gasteiger partial charge < -0.3 is 5.32 Å². The summed E-state index contributed by atoms with van der Waals surface area (Å²) in [5.41, 5.74) is 1.25. The molecule has 1 unspecified atom stereocenters. The van der Waals surface area contributed by atoms with Gasteiger partial charge in [-0.2, -0.15) is 5.10 Å². The fourth-order valence-electron chi connectivity index (χ4n) is 1.90. The third-order valence-electron chi connectivity index (χ3n) is 3.10. The zero-order chi connectivity index (χ0) is 13.5. The van der Waals surface area contributed by atoms with Crippen LogP contribution in [0.5, 0.6) is 0 Å². The van der Waals surface area contributed by atoms with Gasteiger partial charge in [-0.25, -0.2) is 0 Å². The van der Waals surface area contributed by atoms with Crippen LogP contribution in [0, 0.1) is 0 Å². The van der Waals surface area contributed by atoms with Crippen LogP contribution in [0.1, 0.15) is 24.8 Å². The maximum Gasteiger partial charge on any atom is 0.221 e. The van der Waals surface area contributed by atoms with E-state index in [4.69, 9.17) is 0 Å². The molecule has 1 atom stereocenters. The summed E-state index contributed by atoms with van der Waals surface area (Å²) in [5, 5.41) is 7.03. The minimum absolute atomic E-state index is 0.0679. The minimum Gasteiger partial charge on any atom is -0.355 e. The summed E-state index contributed by atoms with van der Waals surface area (Å²) in [6, 6.07) is 12.1. The number of rotatable bonds is 6. The summed E-state index contributed by atoms with van der Waals surface area (Å²) in [6.45, 7) is 3.41. The normalized spacial score (nSPS) is 12.1. The third-order valence-corrected chi connectivity index (χ3v) is 3.10. The van der Waals surface area contributed by atoms with E-state index in [2.05, 4.69) is 29.5 Å². The van der Waals surface area contributed by atoms with Crippen LogP contribution in [0.25, 0.3) is 0 Å². The molecule has 100 valence electrons. The predicted octanol–water partition coefficient (Wildman–Crippen LogP) is 2.19. The van der Waals surface area contributed by atoms with E-state index < -0.39 is 0 Å². The number of aryl methyl sites for hydroxylation is 1. The molecule has 0 aliphatic heterocycles. The largest absolute Gasteiger partial charge is 0.355 e. The van der Waals surface area contributed by atoms with Crippen molar-refractivity contribution in [1.82, 2.24) is 15.1 Å². The van der Waals surface area contributed by atoms with Gasteiger partial charge in [0.2, 0.25) is 5.91 Å². The first kappa shape index (κ1) is 13.3. The number of hydrogen-bond donors (Lipinski definition) is 1. The third kappa shape index (κ3) is 4.25. The standard InChI is InChI=1S/C15H19N3O/c1-13(14-6-3-2-4-7-14)12-16-15(19)8-11-18-10-5-9-17-18/h2-7,9-10,13H,8,11-12H2,1H3,(H,16,19). The second-order valence-corrected chi connectivity index (χ2v) is 4.63. The predicted molar refractivity (Wildman–Crippen MR) is 74.7 cm³/mol. The topological polar surface area (TPSA) is 46.9 Å². The molecular formula is C15H19N3O. The van der Waals surface area contributed by atoms with Gasteiger partial charge in [0.25, 0.3) is 0 Å². The first-order valence-electron chi connectivity index (χ1n) is 6.55. The molecule has 19 heavy (non-hydrogen) atoms. The monoisotopic (exact) mass is 257 g/mol. The van der Waals surface area contributed by atoms with Crippen molar-refractivity contribution in [1.29, 1.82) is 0 Å². The van der Waals surface area contributed by atoms with Crippen molar-refractivity contribution in [3.63, 3.8) is 0 Å². The van der Waals surface area contributed by atoms with Gasteiger partial charge in [0.1, 0.15) is 0 Å². The van der Waals surface area contributed by atoms with E-state index in [0.717, 1.165) is 0 Å². The number of benzene rings is 1. The van der Waals surface area contributed by atoms with Crippen LogP contribution in [-0.4, -0.2) is 22.2 Å². The van der Waals surface area contributed by atoms with Crippen LogP contribution in [0.4, 0.5) is 0 Å². The highest BCUT2D eigenvalue weighted by molar-refractivity contribution is 5.75. The molecule has 4 nitrogen and oxygen atoms in total. The minimum atomic E-state index is 0.0679. The van der Waals surface area contributed by atoms with Gasteiger partial charge in [0.15, 0.2) is 0 Å². The van der Waals surface area contributed by atoms with Crippen molar-refractivity contribution in [2.24, 2.45) is 0 Å². The summed E-state index contributed by atoms with van der Waals surface area (Å²) in [6.07, 6.45) is 4.04. The van der Waals surface area contributed by atoms with E-state index in [-0.39, 0.29) is 5.91 Å². The van der Waals surface area contributed by atoms with Crippen LogP contribution in [0.15, 0.2) is 48.8 Å². The Bertz CT molecular complexity index is 493. The lowest BCUT2D eigenvalue weighted by atomic mass is 10.0. The zero-order valence-corrected chi connectivity index (χ0v) is 11.1. The smallest absolute Gasteiger partial charge is 0.221 e. The Morgan fingerprint density at radius 1 is 1.32 bits per heavy atom. The van der Waals surface area contributed by atoms with Crippen LogP contribution in [0.2, 0.25) is 0 Å². The molecule has 2 rings (SSSR count). The van der Waals surface area contributed by atoms with E-state index in [1.54, 1.807) is 10.9 Å². The molecule has 0 aliphatic rings. The van der Waals surface area contributed by atoms with Crippen LogP contribution >= 0.6 is 0 Å². The Morgan fingerprint density at radius 3 is 2.79 bits per heavy atom. The van der Waals surface area contributed by atoms with Crippen LogP contribution in [0.3, 0.4) is 0 Å². The van der Waals surface area contributed by atoms with Crippen LogP contribution in [-0.2, 0) is 11.3 Å². The number of nitrogens with zero attached hydrogens (tertiary/aromatic N) is 2. The van der Waals surface area contributed by atoms with Crippen molar-refractivity contribution < 1.29 is 4.79 Å². The summed E-state index contributed by atoms with van der Waals surface area (Å²) < 4.78 is 1.76. The molecule has 2 aromatic rings. The highest BCUT2D eigenvalue weighted by Gasteiger charge is 2.07. The molecule has 1 aromatic carbocycles. The van der Waals surface area contributed by atoms with E-state index >= 15 is 0 Å².